The summed E-state index contributed by atoms with van der Waals surface area (Å²) in [6, 6.07) is 5.72. The Bertz CT molecular complexity index is 502. The van der Waals surface area contributed by atoms with E-state index in [0.29, 0.717) is 12.5 Å². The monoisotopic (exact) mass is 230 g/mol. The first kappa shape index (κ1) is 11.1. The number of hydrogen-bond donors (Lipinski definition) is 2. The van der Waals surface area contributed by atoms with Crippen LogP contribution in [0.25, 0.3) is 5.82 Å². The van der Waals surface area contributed by atoms with Gasteiger partial charge in [0.2, 0.25) is 0 Å². The highest BCUT2D eigenvalue weighted by atomic mass is 15.3. The van der Waals surface area contributed by atoms with Gasteiger partial charge in [0, 0.05) is 32.2 Å². The SMILES string of the molecule is CN=C(N)NCc1ccnc(-n2cccn2)c1. The third-order valence-corrected chi connectivity index (χ3v) is 2.26. The molecule has 6 heteroatoms. The molecule has 0 amide bonds. The number of rotatable bonds is 3. The number of nitrogens with two attached hydrogens (primary N) is 1. The van der Waals surface area contributed by atoms with Gasteiger partial charge in [0.15, 0.2) is 11.8 Å². The summed E-state index contributed by atoms with van der Waals surface area (Å²) in [5, 5.41) is 7.12. The topological polar surface area (TPSA) is 81.1 Å². The molecule has 17 heavy (non-hydrogen) atoms. The highest BCUT2D eigenvalue weighted by molar-refractivity contribution is 5.77. The van der Waals surface area contributed by atoms with E-state index in [1.165, 1.54) is 0 Å². The lowest BCUT2D eigenvalue weighted by molar-refractivity contribution is 0.833. The summed E-state index contributed by atoms with van der Waals surface area (Å²) in [7, 11) is 1.64. The average Bonchev–Trinajstić information content (AvgIpc) is 2.90. The molecule has 2 aromatic rings. The maximum atomic E-state index is 5.56. The molecule has 0 bridgehead atoms. The van der Waals surface area contributed by atoms with Gasteiger partial charge in [0.05, 0.1) is 0 Å². The van der Waals surface area contributed by atoms with E-state index in [2.05, 4.69) is 20.4 Å². The Morgan fingerprint density at radius 1 is 1.53 bits per heavy atom. The normalized spacial score (nSPS) is 11.5. The fourth-order valence-electron chi connectivity index (χ4n) is 1.37. The summed E-state index contributed by atoms with van der Waals surface area (Å²) >= 11 is 0. The molecule has 0 unspecified atom stereocenters. The standard InChI is InChI=1S/C11H14N6/c1-13-11(12)15-8-9-3-5-14-10(7-9)17-6-2-4-16-17/h2-7H,8H2,1H3,(H3,12,13,15). The summed E-state index contributed by atoms with van der Waals surface area (Å²) in [6.45, 7) is 0.611. The van der Waals surface area contributed by atoms with Gasteiger partial charge in [-0.15, -0.1) is 0 Å². The lowest BCUT2D eigenvalue weighted by Crippen LogP contribution is -2.30. The van der Waals surface area contributed by atoms with E-state index < -0.39 is 0 Å². The predicted molar refractivity (Wildman–Crippen MR) is 65.7 cm³/mol. The molecular weight excluding hydrogens is 216 g/mol. The fraction of sp³-hybridized carbons (Fsp3) is 0.182. The number of pyridine rings is 1. The molecule has 0 spiro atoms. The van der Waals surface area contributed by atoms with Crippen LogP contribution in [0.1, 0.15) is 5.56 Å². The van der Waals surface area contributed by atoms with Crippen LogP contribution in [0, 0.1) is 0 Å². The van der Waals surface area contributed by atoms with E-state index in [0.717, 1.165) is 11.4 Å². The van der Waals surface area contributed by atoms with Gasteiger partial charge in [-0.05, 0) is 23.8 Å². The summed E-state index contributed by atoms with van der Waals surface area (Å²) in [6.07, 6.45) is 5.31. The third-order valence-electron chi connectivity index (χ3n) is 2.26. The Morgan fingerprint density at radius 2 is 2.41 bits per heavy atom. The molecular formula is C11H14N6. The Labute approximate surface area is 99.2 Å². The molecule has 0 saturated carbocycles. The molecule has 0 aliphatic rings. The molecule has 2 rings (SSSR count). The zero-order valence-electron chi connectivity index (χ0n) is 9.54. The zero-order chi connectivity index (χ0) is 12.1. The highest BCUT2D eigenvalue weighted by Crippen LogP contribution is 2.05. The molecule has 0 aliphatic heterocycles. The number of nitrogens with zero attached hydrogens (tertiary/aromatic N) is 4. The molecule has 6 nitrogen and oxygen atoms in total. The Kier molecular flexibility index (Phi) is 3.34. The van der Waals surface area contributed by atoms with E-state index >= 15 is 0 Å². The van der Waals surface area contributed by atoms with Crippen molar-refractivity contribution in [3.8, 4) is 5.82 Å². The Morgan fingerprint density at radius 3 is 3.12 bits per heavy atom. The molecule has 0 aliphatic carbocycles. The number of aliphatic imine (C=N–C) groups is 1. The summed E-state index contributed by atoms with van der Waals surface area (Å²) in [4.78, 5) is 8.07. The average molecular weight is 230 g/mol. The maximum Gasteiger partial charge on any atom is 0.188 e. The van der Waals surface area contributed by atoms with Crippen LogP contribution in [0.3, 0.4) is 0 Å². The van der Waals surface area contributed by atoms with Crippen molar-refractivity contribution in [2.45, 2.75) is 6.54 Å². The number of aromatic nitrogens is 3. The number of guanidine groups is 1. The first-order valence-electron chi connectivity index (χ1n) is 5.20. The van der Waals surface area contributed by atoms with Crippen LogP contribution in [0.2, 0.25) is 0 Å². The second-order valence-corrected chi connectivity index (χ2v) is 3.44. The van der Waals surface area contributed by atoms with Gasteiger partial charge in [0.1, 0.15) is 0 Å². The predicted octanol–water partition coefficient (Wildman–Crippen LogP) is 0.301. The quantitative estimate of drug-likeness (QED) is 0.587. The van der Waals surface area contributed by atoms with Crippen LogP contribution in [0.5, 0.6) is 0 Å². The van der Waals surface area contributed by atoms with Crippen molar-refractivity contribution in [1.29, 1.82) is 0 Å². The summed E-state index contributed by atoms with van der Waals surface area (Å²) in [5.41, 5.74) is 6.63. The van der Waals surface area contributed by atoms with E-state index in [4.69, 9.17) is 5.73 Å². The van der Waals surface area contributed by atoms with Crippen molar-refractivity contribution in [1.82, 2.24) is 20.1 Å². The zero-order valence-corrected chi connectivity index (χ0v) is 9.54. The summed E-state index contributed by atoms with van der Waals surface area (Å²) < 4.78 is 1.71. The molecule has 0 atom stereocenters. The molecule has 3 N–H and O–H groups in total. The van der Waals surface area contributed by atoms with Crippen LogP contribution in [0.15, 0.2) is 41.8 Å². The van der Waals surface area contributed by atoms with Crippen molar-refractivity contribution in [2.75, 3.05) is 7.05 Å². The smallest absolute Gasteiger partial charge is 0.188 e. The molecule has 2 heterocycles. The molecule has 2 aromatic heterocycles. The van der Waals surface area contributed by atoms with E-state index in [-0.39, 0.29) is 0 Å². The molecule has 0 fully saturated rings. The first-order valence-corrected chi connectivity index (χ1v) is 5.20. The Hall–Kier alpha value is -2.37. The van der Waals surface area contributed by atoms with Crippen LogP contribution >= 0.6 is 0 Å². The minimum absolute atomic E-state index is 0.419. The van der Waals surface area contributed by atoms with Gasteiger partial charge in [-0.1, -0.05) is 0 Å². The second kappa shape index (κ2) is 5.11. The largest absolute Gasteiger partial charge is 0.370 e. The van der Waals surface area contributed by atoms with Gasteiger partial charge in [-0.3, -0.25) is 4.99 Å². The summed E-state index contributed by atoms with van der Waals surface area (Å²) in [5.74, 6) is 1.20. The van der Waals surface area contributed by atoms with Crippen molar-refractivity contribution >= 4 is 5.96 Å². The number of hydrogen-bond acceptors (Lipinski definition) is 3. The minimum Gasteiger partial charge on any atom is -0.370 e. The third kappa shape index (κ3) is 2.81. The maximum absolute atomic E-state index is 5.56. The first-order chi connectivity index (χ1) is 8.29. The van der Waals surface area contributed by atoms with Crippen LogP contribution in [-0.4, -0.2) is 27.8 Å². The van der Waals surface area contributed by atoms with Crippen LogP contribution < -0.4 is 11.1 Å². The molecule has 0 radical (unpaired) electrons. The second-order valence-electron chi connectivity index (χ2n) is 3.44. The van der Waals surface area contributed by atoms with Gasteiger partial charge in [-0.2, -0.15) is 5.10 Å². The van der Waals surface area contributed by atoms with E-state index in [9.17, 15) is 0 Å². The van der Waals surface area contributed by atoms with E-state index in [1.54, 1.807) is 24.1 Å². The lowest BCUT2D eigenvalue weighted by Gasteiger charge is -2.06. The van der Waals surface area contributed by atoms with Gasteiger partial charge < -0.3 is 11.1 Å². The van der Waals surface area contributed by atoms with Crippen molar-refractivity contribution in [3.63, 3.8) is 0 Å². The van der Waals surface area contributed by atoms with Crippen molar-refractivity contribution < 1.29 is 0 Å². The molecule has 0 aromatic carbocycles. The highest BCUT2D eigenvalue weighted by Gasteiger charge is 2.00. The fourth-order valence-corrected chi connectivity index (χ4v) is 1.37. The Balaban J connectivity index is 2.12. The van der Waals surface area contributed by atoms with Gasteiger partial charge in [-0.25, -0.2) is 9.67 Å². The lowest BCUT2D eigenvalue weighted by atomic mass is 10.2. The minimum atomic E-state index is 0.419. The van der Waals surface area contributed by atoms with Crippen molar-refractivity contribution in [3.05, 3.63) is 42.4 Å². The van der Waals surface area contributed by atoms with Crippen molar-refractivity contribution in [2.24, 2.45) is 10.7 Å². The molecule has 88 valence electrons. The van der Waals surface area contributed by atoms with E-state index in [1.807, 2.05) is 24.4 Å². The molecule has 0 saturated heterocycles. The number of nitrogens with one attached hydrogen (secondary N) is 1. The van der Waals surface area contributed by atoms with Crippen LogP contribution in [0.4, 0.5) is 0 Å². The van der Waals surface area contributed by atoms with Gasteiger partial charge in [0.25, 0.3) is 0 Å². The van der Waals surface area contributed by atoms with Gasteiger partial charge >= 0.3 is 0 Å². The van der Waals surface area contributed by atoms with Crippen LogP contribution in [-0.2, 0) is 6.54 Å².